The van der Waals surface area contributed by atoms with Crippen LogP contribution in [0.1, 0.15) is 39.5 Å². The van der Waals surface area contributed by atoms with Gasteiger partial charge in [-0.1, -0.05) is 13.3 Å². The Kier molecular flexibility index (Phi) is 6.65. The van der Waals surface area contributed by atoms with E-state index in [9.17, 15) is 4.79 Å². The van der Waals surface area contributed by atoms with Crippen molar-refractivity contribution in [3.05, 3.63) is 0 Å². The number of carbonyl (C=O) groups is 1. The maximum absolute atomic E-state index is 12.0. The Morgan fingerprint density at radius 1 is 1.44 bits per heavy atom. The van der Waals surface area contributed by atoms with Crippen molar-refractivity contribution >= 4 is 5.97 Å². The van der Waals surface area contributed by atoms with Gasteiger partial charge in [0.1, 0.15) is 6.04 Å². The summed E-state index contributed by atoms with van der Waals surface area (Å²) in [5.41, 5.74) is 0. The monoisotopic (exact) mass is 256 g/mol. The summed E-state index contributed by atoms with van der Waals surface area (Å²) >= 11 is 0. The van der Waals surface area contributed by atoms with Crippen molar-refractivity contribution in [2.24, 2.45) is 0 Å². The van der Waals surface area contributed by atoms with E-state index < -0.39 is 0 Å². The van der Waals surface area contributed by atoms with Crippen LogP contribution in [-0.2, 0) is 9.53 Å². The van der Waals surface area contributed by atoms with Crippen molar-refractivity contribution < 1.29 is 9.53 Å². The maximum Gasteiger partial charge on any atom is 0.323 e. The van der Waals surface area contributed by atoms with Crippen molar-refractivity contribution in [3.63, 3.8) is 0 Å². The van der Waals surface area contributed by atoms with Crippen LogP contribution in [0, 0.1) is 0 Å². The molecule has 0 radical (unpaired) electrons. The molecule has 0 aromatic heterocycles. The van der Waals surface area contributed by atoms with Crippen LogP contribution in [0.3, 0.4) is 0 Å². The molecular formula is C14H28N2O2. The second-order valence-electron chi connectivity index (χ2n) is 5.31. The smallest absolute Gasteiger partial charge is 0.323 e. The predicted octanol–water partition coefficient (Wildman–Crippen LogP) is 1.74. The first kappa shape index (κ1) is 15.4. The average Bonchev–Trinajstić information content (AvgIpc) is 2.36. The van der Waals surface area contributed by atoms with E-state index in [4.69, 9.17) is 4.74 Å². The number of hydrogen-bond donors (Lipinski definition) is 0. The van der Waals surface area contributed by atoms with Crippen molar-refractivity contribution in [2.45, 2.75) is 51.6 Å². The number of piperidine rings is 1. The summed E-state index contributed by atoms with van der Waals surface area (Å²) in [5.74, 6) is -0.0428. The molecule has 4 heteroatoms. The van der Waals surface area contributed by atoms with Gasteiger partial charge in [0.2, 0.25) is 0 Å². The Hall–Kier alpha value is -0.610. The first-order valence-corrected chi connectivity index (χ1v) is 7.17. The number of hydrogen-bond acceptors (Lipinski definition) is 4. The molecule has 0 saturated carbocycles. The van der Waals surface area contributed by atoms with Crippen LogP contribution in [0.25, 0.3) is 0 Å². The number of likely N-dealkylation sites (N-methyl/N-ethyl adjacent to an activating group) is 1. The number of nitrogens with zero attached hydrogens (tertiary/aromatic N) is 2. The topological polar surface area (TPSA) is 32.8 Å². The van der Waals surface area contributed by atoms with Crippen LogP contribution in [-0.4, -0.2) is 61.6 Å². The van der Waals surface area contributed by atoms with Crippen molar-refractivity contribution in [1.82, 2.24) is 9.80 Å². The second-order valence-corrected chi connectivity index (χ2v) is 5.31. The average molecular weight is 256 g/mol. The van der Waals surface area contributed by atoms with Crippen molar-refractivity contribution in [3.8, 4) is 0 Å². The molecule has 106 valence electrons. The van der Waals surface area contributed by atoms with Crippen LogP contribution >= 0.6 is 0 Å². The van der Waals surface area contributed by atoms with Crippen LogP contribution in [0.4, 0.5) is 0 Å². The molecule has 0 amide bonds. The van der Waals surface area contributed by atoms with Gasteiger partial charge in [0.05, 0.1) is 6.61 Å². The Morgan fingerprint density at radius 2 is 2.17 bits per heavy atom. The molecule has 0 aromatic rings. The van der Waals surface area contributed by atoms with Crippen molar-refractivity contribution in [2.75, 3.05) is 33.8 Å². The zero-order chi connectivity index (χ0) is 13.5. The van der Waals surface area contributed by atoms with Crippen molar-refractivity contribution in [1.29, 1.82) is 0 Å². The molecule has 2 unspecified atom stereocenters. The molecule has 0 N–H and O–H groups in total. The first-order chi connectivity index (χ1) is 8.60. The number of likely N-dealkylation sites (tertiary alicyclic amines) is 1. The van der Waals surface area contributed by atoms with Gasteiger partial charge in [-0.15, -0.1) is 0 Å². The first-order valence-electron chi connectivity index (χ1n) is 7.17. The predicted molar refractivity (Wildman–Crippen MR) is 73.6 cm³/mol. The zero-order valence-corrected chi connectivity index (χ0v) is 12.3. The highest BCUT2D eigenvalue weighted by molar-refractivity contribution is 5.75. The van der Waals surface area contributed by atoms with E-state index in [1.807, 2.05) is 6.92 Å². The van der Waals surface area contributed by atoms with Gasteiger partial charge in [-0.05, 0) is 46.8 Å². The van der Waals surface area contributed by atoms with Gasteiger partial charge in [0, 0.05) is 12.6 Å². The lowest BCUT2D eigenvalue weighted by Crippen LogP contribution is -2.52. The van der Waals surface area contributed by atoms with Crippen LogP contribution < -0.4 is 0 Å². The molecule has 0 aliphatic carbocycles. The third kappa shape index (κ3) is 4.25. The largest absolute Gasteiger partial charge is 0.465 e. The maximum atomic E-state index is 12.0. The third-order valence-electron chi connectivity index (χ3n) is 3.72. The number of esters is 1. The van der Waals surface area contributed by atoms with Crippen LogP contribution in [0.15, 0.2) is 0 Å². The van der Waals surface area contributed by atoms with E-state index in [0.717, 1.165) is 25.9 Å². The Bertz CT molecular complexity index is 256. The fourth-order valence-electron chi connectivity index (χ4n) is 2.65. The number of rotatable bonds is 6. The molecule has 1 fully saturated rings. The summed E-state index contributed by atoms with van der Waals surface area (Å²) in [6.45, 7) is 6.48. The molecular weight excluding hydrogens is 228 g/mol. The molecule has 1 aliphatic heterocycles. The summed E-state index contributed by atoms with van der Waals surface area (Å²) in [5, 5.41) is 0. The minimum Gasteiger partial charge on any atom is -0.465 e. The Balaban J connectivity index is 2.63. The fourth-order valence-corrected chi connectivity index (χ4v) is 2.65. The van der Waals surface area contributed by atoms with Gasteiger partial charge in [0.25, 0.3) is 0 Å². The molecule has 0 spiro atoms. The molecule has 4 nitrogen and oxygen atoms in total. The summed E-state index contributed by atoms with van der Waals surface area (Å²) in [6, 6.07) is 0.519. The molecule has 18 heavy (non-hydrogen) atoms. The summed E-state index contributed by atoms with van der Waals surface area (Å²) in [4.78, 5) is 16.6. The molecule has 0 bridgehead atoms. The Morgan fingerprint density at radius 3 is 2.72 bits per heavy atom. The van der Waals surface area contributed by atoms with E-state index in [0.29, 0.717) is 12.6 Å². The van der Waals surface area contributed by atoms with E-state index in [1.54, 1.807) is 0 Å². The minimum absolute atomic E-state index is 0.0428. The Labute approximate surface area is 111 Å². The normalized spacial score (nSPS) is 23.1. The van der Waals surface area contributed by atoms with Gasteiger partial charge < -0.3 is 9.64 Å². The van der Waals surface area contributed by atoms with E-state index >= 15 is 0 Å². The van der Waals surface area contributed by atoms with E-state index in [-0.39, 0.29) is 12.0 Å². The highest BCUT2D eigenvalue weighted by Gasteiger charge is 2.31. The fraction of sp³-hybridized carbons (Fsp3) is 0.929. The molecule has 1 saturated heterocycles. The number of ether oxygens (including phenoxy) is 1. The SMILES string of the molecule is CCCC(C(=O)OCC)N1CCCC(N(C)C)C1. The quantitative estimate of drug-likeness (QED) is 0.678. The lowest BCUT2D eigenvalue weighted by atomic mass is 10.0. The van der Waals surface area contributed by atoms with Gasteiger partial charge in [0.15, 0.2) is 0 Å². The summed E-state index contributed by atoms with van der Waals surface area (Å²) < 4.78 is 5.21. The highest BCUT2D eigenvalue weighted by Crippen LogP contribution is 2.19. The van der Waals surface area contributed by atoms with Gasteiger partial charge in [-0.25, -0.2) is 0 Å². The standard InChI is InChI=1S/C14H28N2O2/c1-5-8-13(14(17)18-6-2)16-10-7-9-12(11-16)15(3)4/h12-13H,5-11H2,1-4H3. The second kappa shape index (κ2) is 7.74. The zero-order valence-electron chi connectivity index (χ0n) is 12.3. The van der Waals surface area contributed by atoms with Crippen LogP contribution in [0.5, 0.6) is 0 Å². The lowest BCUT2D eigenvalue weighted by molar-refractivity contribution is -0.150. The van der Waals surface area contributed by atoms with Crippen LogP contribution in [0.2, 0.25) is 0 Å². The van der Waals surface area contributed by atoms with Gasteiger partial charge >= 0.3 is 5.97 Å². The molecule has 0 aromatic carbocycles. The number of carbonyl (C=O) groups excluding carboxylic acids is 1. The summed E-state index contributed by atoms with van der Waals surface area (Å²) in [6.07, 6.45) is 4.32. The van der Waals surface area contributed by atoms with E-state index in [1.165, 1.54) is 12.8 Å². The third-order valence-corrected chi connectivity index (χ3v) is 3.72. The van der Waals surface area contributed by atoms with Gasteiger partial charge in [-0.3, -0.25) is 9.69 Å². The molecule has 1 aliphatic rings. The lowest BCUT2D eigenvalue weighted by Gasteiger charge is -2.39. The molecule has 1 rings (SSSR count). The molecule has 2 atom stereocenters. The minimum atomic E-state index is -0.0438. The molecule has 1 heterocycles. The highest BCUT2D eigenvalue weighted by atomic mass is 16.5. The van der Waals surface area contributed by atoms with E-state index in [2.05, 4.69) is 30.8 Å². The summed E-state index contributed by atoms with van der Waals surface area (Å²) in [7, 11) is 4.24. The van der Waals surface area contributed by atoms with Gasteiger partial charge in [-0.2, -0.15) is 0 Å².